The molecule has 0 bridgehead atoms. The van der Waals surface area contributed by atoms with Crippen LogP contribution in [0.4, 0.5) is 5.82 Å². The van der Waals surface area contributed by atoms with Gasteiger partial charge in [0.2, 0.25) is 0 Å². The van der Waals surface area contributed by atoms with Crippen molar-refractivity contribution in [1.29, 1.82) is 0 Å². The molecule has 0 saturated heterocycles. The van der Waals surface area contributed by atoms with Gasteiger partial charge < -0.3 is 5.32 Å². The third kappa shape index (κ3) is 2.73. The van der Waals surface area contributed by atoms with E-state index in [0.717, 1.165) is 48.2 Å². The van der Waals surface area contributed by atoms with Gasteiger partial charge in [-0.25, -0.2) is 4.68 Å². The molecule has 1 aromatic heterocycles. The van der Waals surface area contributed by atoms with Crippen molar-refractivity contribution in [3.8, 4) is 0 Å². The second-order valence-corrected chi connectivity index (χ2v) is 6.42. The minimum atomic E-state index is 0.342. The Hall–Kier alpha value is -1.29. The average Bonchev–Trinajstić information content (AvgIpc) is 2.85. The normalized spacial score (nSPS) is 17.4. The highest BCUT2D eigenvalue weighted by Gasteiger charge is 2.26. The van der Waals surface area contributed by atoms with E-state index in [0.29, 0.717) is 6.04 Å². The van der Waals surface area contributed by atoms with Crippen molar-refractivity contribution >= 4 is 21.7 Å². The van der Waals surface area contributed by atoms with E-state index in [-0.39, 0.29) is 0 Å². The monoisotopic (exact) mass is 347 g/mol. The lowest BCUT2D eigenvalue weighted by atomic mass is 10.0. The molecule has 0 aliphatic carbocycles. The predicted molar refractivity (Wildman–Crippen MR) is 91.0 cm³/mol. The number of hydrogen-bond donors (Lipinski definition) is 1. The summed E-state index contributed by atoms with van der Waals surface area (Å²) in [5.41, 5.74) is 3.91. The van der Waals surface area contributed by atoms with Gasteiger partial charge in [0.1, 0.15) is 5.82 Å². The van der Waals surface area contributed by atoms with Gasteiger partial charge in [-0.2, -0.15) is 5.10 Å². The SMILES string of the molecule is CCCc1nn2c(c1Br)NCCC2c1ccc(CC)cc1. The average molecular weight is 348 g/mol. The molecule has 0 saturated carbocycles. The summed E-state index contributed by atoms with van der Waals surface area (Å²) in [6.07, 6.45) is 4.30. The van der Waals surface area contributed by atoms with Gasteiger partial charge in [-0.1, -0.05) is 44.5 Å². The molecule has 21 heavy (non-hydrogen) atoms. The van der Waals surface area contributed by atoms with Crippen molar-refractivity contribution in [2.75, 3.05) is 11.9 Å². The number of anilines is 1. The molecule has 3 nitrogen and oxygen atoms in total. The Morgan fingerprint density at radius 2 is 2.05 bits per heavy atom. The first-order chi connectivity index (χ1) is 10.2. The van der Waals surface area contributed by atoms with Crippen LogP contribution in [0.25, 0.3) is 0 Å². The number of nitrogens with one attached hydrogen (secondary N) is 1. The number of nitrogens with zero attached hydrogens (tertiary/aromatic N) is 2. The molecule has 0 fully saturated rings. The summed E-state index contributed by atoms with van der Waals surface area (Å²) in [4.78, 5) is 0. The highest BCUT2D eigenvalue weighted by atomic mass is 79.9. The topological polar surface area (TPSA) is 29.9 Å². The highest BCUT2D eigenvalue weighted by Crippen LogP contribution is 2.36. The van der Waals surface area contributed by atoms with Gasteiger partial charge in [0, 0.05) is 6.54 Å². The van der Waals surface area contributed by atoms with Crippen LogP contribution in [-0.2, 0) is 12.8 Å². The highest BCUT2D eigenvalue weighted by molar-refractivity contribution is 9.10. The van der Waals surface area contributed by atoms with E-state index >= 15 is 0 Å². The smallest absolute Gasteiger partial charge is 0.139 e. The number of benzene rings is 1. The fraction of sp³-hybridized carbons (Fsp3) is 0.471. The van der Waals surface area contributed by atoms with E-state index in [1.54, 1.807) is 0 Å². The molecule has 1 aliphatic heterocycles. The van der Waals surface area contributed by atoms with Gasteiger partial charge in [0.05, 0.1) is 16.2 Å². The number of fused-ring (bicyclic) bond motifs is 1. The molecule has 2 aromatic rings. The molecule has 3 rings (SSSR count). The van der Waals surface area contributed by atoms with E-state index < -0.39 is 0 Å². The number of aromatic nitrogens is 2. The molecule has 1 aromatic carbocycles. The van der Waals surface area contributed by atoms with E-state index in [9.17, 15) is 0 Å². The molecule has 0 radical (unpaired) electrons. The van der Waals surface area contributed by atoms with Crippen molar-refractivity contribution in [3.05, 3.63) is 45.6 Å². The Labute approximate surface area is 134 Å². The van der Waals surface area contributed by atoms with Crippen LogP contribution in [0, 0.1) is 0 Å². The van der Waals surface area contributed by atoms with Gasteiger partial charge in [0.25, 0.3) is 0 Å². The van der Waals surface area contributed by atoms with Crippen LogP contribution in [0.3, 0.4) is 0 Å². The predicted octanol–water partition coefficient (Wildman–Crippen LogP) is 4.57. The van der Waals surface area contributed by atoms with Gasteiger partial charge in [-0.3, -0.25) is 0 Å². The van der Waals surface area contributed by atoms with E-state index in [4.69, 9.17) is 5.10 Å². The summed E-state index contributed by atoms with van der Waals surface area (Å²) >= 11 is 3.72. The van der Waals surface area contributed by atoms with Crippen LogP contribution in [0.2, 0.25) is 0 Å². The summed E-state index contributed by atoms with van der Waals surface area (Å²) in [6.45, 7) is 5.38. The maximum Gasteiger partial charge on any atom is 0.139 e. The lowest BCUT2D eigenvalue weighted by molar-refractivity contribution is 0.477. The first-order valence-corrected chi connectivity index (χ1v) is 8.63. The molecule has 112 valence electrons. The molecule has 1 unspecified atom stereocenters. The maximum atomic E-state index is 4.85. The largest absolute Gasteiger partial charge is 0.369 e. The van der Waals surface area contributed by atoms with Crippen molar-refractivity contribution < 1.29 is 0 Å². The first-order valence-electron chi connectivity index (χ1n) is 7.84. The third-order valence-corrected chi connectivity index (χ3v) is 5.02. The Morgan fingerprint density at radius 3 is 2.71 bits per heavy atom. The van der Waals surface area contributed by atoms with E-state index in [2.05, 4.69) is 64.0 Å². The van der Waals surface area contributed by atoms with Crippen LogP contribution in [0.5, 0.6) is 0 Å². The van der Waals surface area contributed by atoms with Crippen LogP contribution in [0.15, 0.2) is 28.7 Å². The van der Waals surface area contributed by atoms with Crippen molar-refractivity contribution in [2.24, 2.45) is 0 Å². The molecule has 1 N–H and O–H groups in total. The number of hydrogen-bond acceptors (Lipinski definition) is 2. The second-order valence-electron chi connectivity index (χ2n) is 5.63. The third-order valence-electron chi connectivity index (χ3n) is 4.18. The van der Waals surface area contributed by atoms with Gasteiger partial charge in [-0.05, 0) is 46.3 Å². The summed E-state index contributed by atoms with van der Waals surface area (Å²) in [5, 5.41) is 8.33. The van der Waals surface area contributed by atoms with Crippen LogP contribution in [0.1, 0.15) is 49.6 Å². The van der Waals surface area contributed by atoms with Gasteiger partial charge in [-0.15, -0.1) is 0 Å². The molecule has 0 amide bonds. The Morgan fingerprint density at radius 1 is 1.29 bits per heavy atom. The molecule has 0 spiro atoms. The zero-order valence-corrected chi connectivity index (χ0v) is 14.3. The molecular formula is C17H22BrN3. The van der Waals surface area contributed by atoms with E-state index in [1.165, 1.54) is 11.1 Å². The van der Waals surface area contributed by atoms with Gasteiger partial charge in [0.15, 0.2) is 0 Å². The number of halogens is 1. The number of rotatable bonds is 4. The van der Waals surface area contributed by atoms with Crippen LogP contribution >= 0.6 is 15.9 Å². The molecular weight excluding hydrogens is 326 g/mol. The minimum absolute atomic E-state index is 0.342. The van der Waals surface area contributed by atoms with Gasteiger partial charge >= 0.3 is 0 Å². The van der Waals surface area contributed by atoms with E-state index in [1.807, 2.05) is 0 Å². The zero-order chi connectivity index (χ0) is 14.8. The number of aryl methyl sites for hydroxylation is 2. The summed E-state index contributed by atoms with van der Waals surface area (Å²) < 4.78 is 3.30. The quantitative estimate of drug-likeness (QED) is 0.877. The van der Waals surface area contributed by atoms with Crippen LogP contribution < -0.4 is 5.32 Å². The van der Waals surface area contributed by atoms with Crippen molar-refractivity contribution in [2.45, 2.75) is 45.6 Å². The zero-order valence-electron chi connectivity index (χ0n) is 12.7. The summed E-state index contributed by atoms with van der Waals surface area (Å²) in [6, 6.07) is 9.33. The standard InChI is InChI=1S/C17H22BrN3/c1-3-5-14-16(18)17-19-11-10-15(21(17)20-14)13-8-6-12(4-2)7-9-13/h6-9,15,19H,3-5,10-11H2,1-2H3. The molecule has 4 heteroatoms. The lowest BCUT2D eigenvalue weighted by Crippen LogP contribution is -2.24. The van der Waals surface area contributed by atoms with Crippen molar-refractivity contribution in [3.63, 3.8) is 0 Å². The molecule has 1 atom stereocenters. The minimum Gasteiger partial charge on any atom is -0.369 e. The Bertz CT molecular complexity index is 616. The maximum absolute atomic E-state index is 4.85. The fourth-order valence-electron chi connectivity index (χ4n) is 2.97. The van der Waals surface area contributed by atoms with Crippen LogP contribution in [-0.4, -0.2) is 16.3 Å². The fourth-order valence-corrected chi connectivity index (χ4v) is 3.57. The molecule has 1 aliphatic rings. The lowest BCUT2D eigenvalue weighted by Gasteiger charge is -2.26. The molecule has 2 heterocycles. The first kappa shape index (κ1) is 14.6. The van der Waals surface area contributed by atoms with Crippen molar-refractivity contribution in [1.82, 2.24) is 9.78 Å². The summed E-state index contributed by atoms with van der Waals surface area (Å²) in [7, 11) is 0. The Kier molecular flexibility index (Phi) is 4.34. The second kappa shape index (κ2) is 6.22. The summed E-state index contributed by atoms with van der Waals surface area (Å²) in [5.74, 6) is 1.13. The Balaban J connectivity index is 1.97.